The van der Waals surface area contributed by atoms with E-state index in [-0.39, 0.29) is 0 Å². The Morgan fingerprint density at radius 2 is 2.21 bits per heavy atom. The number of hydrogen-bond donors (Lipinski definition) is 1. The van der Waals surface area contributed by atoms with E-state index in [0.29, 0.717) is 5.25 Å². The van der Waals surface area contributed by atoms with Crippen molar-refractivity contribution in [2.75, 3.05) is 38.5 Å². The molecule has 2 heterocycles. The molecular weight excluding hydrogens is 192 g/mol. The Morgan fingerprint density at radius 1 is 1.36 bits per heavy atom. The summed E-state index contributed by atoms with van der Waals surface area (Å²) in [4.78, 5) is 2.43. The maximum atomic E-state index is 3.38. The van der Waals surface area contributed by atoms with E-state index < -0.39 is 0 Å². The summed E-state index contributed by atoms with van der Waals surface area (Å²) in [6.45, 7) is 5.54. The molecule has 3 heteroatoms. The molecule has 0 spiro atoms. The largest absolute Gasteiger partial charge is 0.314 e. The summed E-state index contributed by atoms with van der Waals surface area (Å²) in [5.74, 6) is 8.02. The van der Waals surface area contributed by atoms with E-state index in [1.54, 1.807) is 0 Å². The minimum absolute atomic E-state index is 0.637. The van der Waals surface area contributed by atoms with Crippen LogP contribution in [-0.4, -0.2) is 48.6 Å². The summed E-state index contributed by atoms with van der Waals surface area (Å²) in [6, 6.07) is 0. The van der Waals surface area contributed by atoms with Gasteiger partial charge in [0.15, 0.2) is 0 Å². The first-order valence-corrected chi connectivity index (χ1v) is 6.53. The number of piperazine rings is 1. The molecule has 2 nitrogen and oxygen atoms in total. The molecule has 2 aliphatic heterocycles. The van der Waals surface area contributed by atoms with E-state index in [1.165, 1.54) is 18.6 Å². The molecule has 1 atom stereocenters. The molecule has 0 saturated carbocycles. The predicted octanol–water partition coefficient (Wildman–Crippen LogP) is 0.791. The van der Waals surface area contributed by atoms with Crippen molar-refractivity contribution in [2.45, 2.75) is 18.1 Å². The summed E-state index contributed by atoms with van der Waals surface area (Å²) in [7, 11) is 0. The third kappa shape index (κ3) is 3.20. The highest BCUT2D eigenvalue weighted by molar-refractivity contribution is 8.00. The van der Waals surface area contributed by atoms with Gasteiger partial charge in [-0.1, -0.05) is 11.8 Å². The first-order valence-electron chi connectivity index (χ1n) is 5.48. The molecule has 0 aromatic heterocycles. The molecule has 0 aromatic carbocycles. The van der Waals surface area contributed by atoms with E-state index in [4.69, 9.17) is 0 Å². The highest BCUT2D eigenvalue weighted by Crippen LogP contribution is 2.24. The van der Waals surface area contributed by atoms with Crippen LogP contribution in [0.25, 0.3) is 0 Å². The van der Waals surface area contributed by atoms with Gasteiger partial charge in [0.05, 0.1) is 11.8 Å². The van der Waals surface area contributed by atoms with Crippen LogP contribution in [0.3, 0.4) is 0 Å². The number of thioether (sulfide) groups is 1. The van der Waals surface area contributed by atoms with Crippen molar-refractivity contribution in [3.8, 4) is 11.8 Å². The number of hydrogen-bond acceptors (Lipinski definition) is 3. The van der Waals surface area contributed by atoms with Crippen molar-refractivity contribution >= 4 is 11.8 Å². The topological polar surface area (TPSA) is 15.3 Å². The molecule has 2 fully saturated rings. The molecule has 0 bridgehead atoms. The van der Waals surface area contributed by atoms with Gasteiger partial charge in [0.1, 0.15) is 0 Å². The van der Waals surface area contributed by atoms with Crippen LogP contribution in [0.1, 0.15) is 12.8 Å². The van der Waals surface area contributed by atoms with Crippen LogP contribution in [-0.2, 0) is 0 Å². The zero-order valence-corrected chi connectivity index (χ0v) is 9.41. The monoisotopic (exact) mass is 210 g/mol. The second-order valence-corrected chi connectivity index (χ2v) is 5.16. The maximum Gasteiger partial charge on any atom is 0.0657 e. The van der Waals surface area contributed by atoms with Gasteiger partial charge in [0.25, 0.3) is 0 Å². The van der Waals surface area contributed by atoms with Crippen LogP contribution < -0.4 is 5.32 Å². The van der Waals surface area contributed by atoms with Crippen LogP contribution in [0.4, 0.5) is 0 Å². The molecule has 1 N–H and O–H groups in total. The average Bonchev–Trinajstić information content (AvgIpc) is 2.72. The Morgan fingerprint density at radius 3 is 2.93 bits per heavy atom. The first kappa shape index (κ1) is 10.4. The van der Waals surface area contributed by atoms with Crippen molar-refractivity contribution in [2.24, 2.45) is 0 Å². The molecule has 0 aromatic rings. The van der Waals surface area contributed by atoms with Gasteiger partial charge in [-0.25, -0.2) is 0 Å². The smallest absolute Gasteiger partial charge is 0.0657 e. The van der Waals surface area contributed by atoms with Crippen LogP contribution in [0.15, 0.2) is 0 Å². The molecular formula is C11H18N2S. The zero-order valence-electron chi connectivity index (χ0n) is 8.59. The van der Waals surface area contributed by atoms with Gasteiger partial charge in [-0.05, 0) is 18.6 Å². The van der Waals surface area contributed by atoms with Gasteiger partial charge in [0, 0.05) is 26.2 Å². The van der Waals surface area contributed by atoms with Gasteiger partial charge >= 0.3 is 0 Å². The molecule has 14 heavy (non-hydrogen) atoms. The van der Waals surface area contributed by atoms with Crippen LogP contribution in [0, 0.1) is 11.8 Å². The summed E-state index contributed by atoms with van der Waals surface area (Å²) in [6.07, 6.45) is 2.66. The van der Waals surface area contributed by atoms with Crippen LogP contribution in [0.5, 0.6) is 0 Å². The van der Waals surface area contributed by atoms with Crippen molar-refractivity contribution in [3.63, 3.8) is 0 Å². The third-order valence-electron chi connectivity index (χ3n) is 2.71. The zero-order chi connectivity index (χ0) is 9.64. The van der Waals surface area contributed by atoms with Gasteiger partial charge in [0.2, 0.25) is 0 Å². The minimum atomic E-state index is 0.637. The fraction of sp³-hybridized carbons (Fsp3) is 0.818. The van der Waals surface area contributed by atoms with Crippen molar-refractivity contribution < 1.29 is 0 Å². The van der Waals surface area contributed by atoms with Gasteiger partial charge in [-0.2, -0.15) is 0 Å². The Labute approximate surface area is 90.8 Å². The SMILES string of the molecule is C(#CC1CCCS1)CN1CCNCC1. The summed E-state index contributed by atoms with van der Waals surface area (Å²) in [5.41, 5.74) is 0. The van der Waals surface area contributed by atoms with Gasteiger partial charge < -0.3 is 5.32 Å². The summed E-state index contributed by atoms with van der Waals surface area (Å²) < 4.78 is 0. The predicted molar refractivity (Wildman–Crippen MR) is 62.6 cm³/mol. The summed E-state index contributed by atoms with van der Waals surface area (Å²) in [5, 5.41) is 3.99. The van der Waals surface area contributed by atoms with Gasteiger partial charge in [-0.15, -0.1) is 11.8 Å². The highest BCUT2D eigenvalue weighted by Gasteiger charge is 2.12. The fourth-order valence-corrected chi connectivity index (χ4v) is 2.95. The number of rotatable bonds is 1. The standard InChI is InChI=1S/C11H18N2S/c1(3-11-4-2-10-14-11)7-13-8-5-12-6-9-13/h11-12H,2,4-10H2. The lowest BCUT2D eigenvalue weighted by Gasteiger charge is -2.24. The van der Waals surface area contributed by atoms with Gasteiger partial charge in [-0.3, -0.25) is 4.90 Å². The van der Waals surface area contributed by atoms with E-state index in [0.717, 1.165) is 32.7 Å². The molecule has 0 amide bonds. The fourth-order valence-electron chi connectivity index (χ4n) is 1.83. The minimum Gasteiger partial charge on any atom is -0.314 e. The lowest BCUT2D eigenvalue weighted by molar-refractivity contribution is 0.268. The Kier molecular flexibility index (Phi) is 4.18. The second-order valence-electron chi connectivity index (χ2n) is 3.85. The molecule has 2 saturated heterocycles. The first-order chi connectivity index (χ1) is 6.95. The third-order valence-corrected chi connectivity index (χ3v) is 3.99. The Balaban J connectivity index is 1.69. The summed E-state index contributed by atoms with van der Waals surface area (Å²) >= 11 is 2.02. The lowest BCUT2D eigenvalue weighted by atomic mass is 10.2. The number of nitrogens with zero attached hydrogens (tertiary/aromatic N) is 1. The second kappa shape index (κ2) is 5.65. The molecule has 1 unspecified atom stereocenters. The van der Waals surface area contributed by atoms with E-state index >= 15 is 0 Å². The maximum absolute atomic E-state index is 3.38. The quantitative estimate of drug-likeness (QED) is 0.644. The van der Waals surface area contributed by atoms with Crippen molar-refractivity contribution in [1.29, 1.82) is 0 Å². The van der Waals surface area contributed by atoms with E-state index in [9.17, 15) is 0 Å². The number of nitrogens with one attached hydrogen (secondary N) is 1. The van der Waals surface area contributed by atoms with E-state index in [2.05, 4.69) is 22.1 Å². The van der Waals surface area contributed by atoms with Crippen molar-refractivity contribution in [3.05, 3.63) is 0 Å². The molecule has 2 rings (SSSR count). The van der Waals surface area contributed by atoms with Crippen LogP contribution in [0.2, 0.25) is 0 Å². The molecule has 2 aliphatic rings. The van der Waals surface area contributed by atoms with E-state index in [1.807, 2.05) is 11.8 Å². The molecule has 78 valence electrons. The van der Waals surface area contributed by atoms with Crippen molar-refractivity contribution in [1.82, 2.24) is 10.2 Å². The lowest BCUT2D eigenvalue weighted by Crippen LogP contribution is -2.43. The highest BCUT2D eigenvalue weighted by atomic mass is 32.2. The average molecular weight is 210 g/mol. The Bertz CT molecular complexity index is 219. The molecule has 0 aliphatic carbocycles. The molecule has 0 radical (unpaired) electrons. The Hall–Kier alpha value is -0.170. The normalized spacial score (nSPS) is 28.4. The van der Waals surface area contributed by atoms with Crippen LogP contribution >= 0.6 is 11.8 Å².